The third-order valence-corrected chi connectivity index (χ3v) is 6.07. The van der Waals surface area contributed by atoms with E-state index in [0.717, 1.165) is 62.0 Å². The van der Waals surface area contributed by atoms with Crippen LogP contribution in [0.3, 0.4) is 0 Å². The minimum absolute atomic E-state index is 0.345. The van der Waals surface area contributed by atoms with Gasteiger partial charge in [0, 0.05) is 55.9 Å². The highest BCUT2D eigenvalue weighted by Gasteiger charge is 2.26. The van der Waals surface area contributed by atoms with Crippen LogP contribution in [-0.4, -0.2) is 68.1 Å². The number of carbonyl (C=O) groups is 1. The molecule has 0 aromatic carbocycles. The van der Waals surface area contributed by atoms with Gasteiger partial charge in [-0.2, -0.15) is 26.4 Å². The second kappa shape index (κ2) is 7.19. The lowest BCUT2D eigenvalue weighted by Gasteiger charge is -2.34. The molecule has 0 bridgehead atoms. The van der Waals surface area contributed by atoms with Crippen LogP contribution in [0.15, 0.2) is 12.4 Å². The van der Waals surface area contributed by atoms with Gasteiger partial charge < -0.3 is 9.80 Å². The van der Waals surface area contributed by atoms with Crippen LogP contribution in [0, 0.1) is 12.8 Å². The highest BCUT2D eigenvalue weighted by Crippen LogP contribution is 2.26. The van der Waals surface area contributed by atoms with Crippen molar-refractivity contribution in [2.75, 3.05) is 42.6 Å². The topological polar surface area (TPSA) is 66.6 Å². The van der Waals surface area contributed by atoms with Gasteiger partial charge in [0.1, 0.15) is 12.1 Å². The Morgan fingerprint density at radius 3 is 2.76 bits per heavy atom. The van der Waals surface area contributed by atoms with Crippen LogP contribution in [0.4, 0.5) is 5.82 Å². The first-order valence-electron chi connectivity index (χ1n) is 8.98. The Hall–Kier alpha value is -1.83. The Balaban J connectivity index is 1.38. The third-order valence-electron chi connectivity index (χ3n) is 5.13. The van der Waals surface area contributed by atoms with Crippen molar-refractivity contribution in [3.63, 3.8) is 0 Å². The maximum atomic E-state index is 12.5. The first-order valence-corrected chi connectivity index (χ1v) is 10.1. The monoisotopic (exact) mass is 360 g/mol. The van der Waals surface area contributed by atoms with Crippen molar-refractivity contribution in [1.29, 1.82) is 0 Å². The molecule has 4 heterocycles. The number of aryl methyl sites for hydroxylation is 1. The van der Waals surface area contributed by atoms with E-state index < -0.39 is 0 Å². The molecule has 134 valence electrons. The summed E-state index contributed by atoms with van der Waals surface area (Å²) in [7, 11) is 0. The first-order chi connectivity index (χ1) is 12.2. The Labute approximate surface area is 151 Å². The summed E-state index contributed by atoms with van der Waals surface area (Å²) in [5.74, 6) is 4.71. The van der Waals surface area contributed by atoms with E-state index in [1.54, 1.807) is 6.33 Å². The number of amides is 1. The van der Waals surface area contributed by atoms with Crippen LogP contribution in [0.1, 0.15) is 25.0 Å². The Morgan fingerprint density at radius 1 is 1.24 bits per heavy atom. The van der Waals surface area contributed by atoms with E-state index in [0.29, 0.717) is 24.0 Å². The van der Waals surface area contributed by atoms with Gasteiger partial charge in [0.25, 0.3) is 5.78 Å². The molecule has 0 unspecified atom stereocenters. The minimum atomic E-state index is 0.345. The molecule has 2 aliphatic heterocycles. The number of hydrogen-bond acceptors (Lipinski definition) is 6. The number of rotatable bonds is 3. The van der Waals surface area contributed by atoms with E-state index in [4.69, 9.17) is 0 Å². The van der Waals surface area contributed by atoms with Crippen molar-refractivity contribution in [1.82, 2.24) is 24.5 Å². The molecular weight excluding hydrogens is 336 g/mol. The summed E-state index contributed by atoms with van der Waals surface area (Å²) in [6.45, 7) is 5.73. The van der Waals surface area contributed by atoms with Crippen LogP contribution in [0.5, 0.6) is 0 Å². The fraction of sp³-hybridized carbons (Fsp3) is 0.647. The van der Waals surface area contributed by atoms with E-state index in [1.807, 2.05) is 28.1 Å². The lowest BCUT2D eigenvalue weighted by molar-refractivity contribution is -0.132. The van der Waals surface area contributed by atoms with E-state index in [1.165, 1.54) is 0 Å². The molecule has 2 aromatic heterocycles. The van der Waals surface area contributed by atoms with Gasteiger partial charge in [0.15, 0.2) is 0 Å². The molecule has 2 aromatic rings. The number of carbonyl (C=O) groups excluding carboxylic acids is 1. The summed E-state index contributed by atoms with van der Waals surface area (Å²) >= 11 is 1.94. The second-order valence-electron chi connectivity index (χ2n) is 6.86. The van der Waals surface area contributed by atoms with E-state index in [2.05, 4.69) is 26.0 Å². The molecule has 8 heteroatoms. The number of piperidine rings is 1. The van der Waals surface area contributed by atoms with Gasteiger partial charge in [-0.3, -0.25) is 4.79 Å². The quantitative estimate of drug-likeness (QED) is 0.829. The van der Waals surface area contributed by atoms with Gasteiger partial charge in [0.2, 0.25) is 5.91 Å². The molecule has 2 fully saturated rings. The van der Waals surface area contributed by atoms with E-state index in [-0.39, 0.29) is 0 Å². The van der Waals surface area contributed by atoms with Crippen LogP contribution >= 0.6 is 11.8 Å². The summed E-state index contributed by atoms with van der Waals surface area (Å²) in [4.78, 5) is 25.5. The van der Waals surface area contributed by atoms with Crippen molar-refractivity contribution in [3.8, 4) is 0 Å². The number of thioether (sulfide) groups is 1. The smallest absolute Gasteiger partial charge is 0.254 e. The molecular formula is C17H24N6OS. The Morgan fingerprint density at radius 2 is 2.00 bits per heavy atom. The molecule has 0 saturated carbocycles. The molecule has 0 radical (unpaired) electrons. The average Bonchev–Trinajstić information content (AvgIpc) is 3.11. The van der Waals surface area contributed by atoms with Gasteiger partial charge in [-0.05, 0) is 25.7 Å². The molecule has 0 atom stereocenters. The fourth-order valence-electron chi connectivity index (χ4n) is 3.69. The SMILES string of the molecule is Cc1cc(N2CCC(CC(=O)N3CCSCC3)CC2)n2ncnc2n1. The molecule has 2 aliphatic rings. The number of nitrogens with zero attached hydrogens (tertiary/aromatic N) is 6. The van der Waals surface area contributed by atoms with Crippen LogP contribution in [0.25, 0.3) is 5.78 Å². The van der Waals surface area contributed by atoms with Crippen molar-refractivity contribution < 1.29 is 4.79 Å². The predicted octanol–water partition coefficient (Wildman–Crippen LogP) is 1.61. The first kappa shape index (κ1) is 16.6. The predicted molar refractivity (Wildman–Crippen MR) is 99.0 cm³/mol. The third kappa shape index (κ3) is 3.58. The summed E-state index contributed by atoms with van der Waals surface area (Å²) in [5, 5.41) is 4.30. The summed E-state index contributed by atoms with van der Waals surface area (Å²) in [6, 6.07) is 2.07. The van der Waals surface area contributed by atoms with Gasteiger partial charge in [0.05, 0.1) is 0 Å². The van der Waals surface area contributed by atoms with Crippen LogP contribution in [-0.2, 0) is 4.79 Å². The van der Waals surface area contributed by atoms with E-state index >= 15 is 0 Å². The highest BCUT2D eigenvalue weighted by atomic mass is 32.2. The van der Waals surface area contributed by atoms with Crippen molar-refractivity contribution in [2.24, 2.45) is 5.92 Å². The number of fused-ring (bicyclic) bond motifs is 1. The number of aromatic nitrogens is 4. The number of hydrogen-bond donors (Lipinski definition) is 0. The lowest BCUT2D eigenvalue weighted by Crippen LogP contribution is -2.41. The summed E-state index contributed by atoms with van der Waals surface area (Å²) in [6.07, 6.45) is 4.35. The maximum absolute atomic E-state index is 12.5. The van der Waals surface area contributed by atoms with Crippen molar-refractivity contribution in [3.05, 3.63) is 18.1 Å². The molecule has 4 rings (SSSR count). The van der Waals surface area contributed by atoms with Crippen LogP contribution in [0.2, 0.25) is 0 Å². The number of anilines is 1. The van der Waals surface area contributed by atoms with Gasteiger partial charge in [-0.1, -0.05) is 0 Å². The van der Waals surface area contributed by atoms with Gasteiger partial charge in [-0.15, -0.1) is 0 Å². The zero-order chi connectivity index (χ0) is 17.2. The van der Waals surface area contributed by atoms with Gasteiger partial charge >= 0.3 is 0 Å². The molecule has 0 aliphatic carbocycles. The molecule has 2 saturated heterocycles. The summed E-state index contributed by atoms with van der Waals surface area (Å²) < 4.78 is 1.81. The fourth-order valence-corrected chi connectivity index (χ4v) is 4.59. The zero-order valence-corrected chi connectivity index (χ0v) is 15.4. The van der Waals surface area contributed by atoms with Gasteiger partial charge in [-0.25, -0.2) is 4.98 Å². The maximum Gasteiger partial charge on any atom is 0.254 e. The largest absolute Gasteiger partial charge is 0.356 e. The molecule has 0 spiro atoms. The van der Waals surface area contributed by atoms with Crippen LogP contribution < -0.4 is 4.90 Å². The Kier molecular flexibility index (Phi) is 4.78. The zero-order valence-electron chi connectivity index (χ0n) is 14.6. The van der Waals surface area contributed by atoms with Crippen molar-refractivity contribution in [2.45, 2.75) is 26.2 Å². The highest BCUT2D eigenvalue weighted by molar-refractivity contribution is 7.99. The standard InChI is InChI=1S/C17H24N6OS/c1-13-10-15(23-17(20-13)18-12-19-23)21-4-2-14(3-5-21)11-16(24)22-6-8-25-9-7-22/h10,12,14H,2-9,11H2,1H3. The Bertz CT molecular complexity index is 749. The summed E-state index contributed by atoms with van der Waals surface area (Å²) in [5.41, 5.74) is 0.954. The molecule has 0 N–H and O–H groups in total. The molecule has 25 heavy (non-hydrogen) atoms. The average molecular weight is 360 g/mol. The normalized spacial score (nSPS) is 19.6. The minimum Gasteiger partial charge on any atom is -0.356 e. The van der Waals surface area contributed by atoms with E-state index in [9.17, 15) is 4.79 Å². The molecule has 1 amide bonds. The molecule has 7 nitrogen and oxygen atoms in total. The second-order valence-corrected chi connectivity index (χ2v) is 8.08. The van der Waals surface area contributed by atoms with Crippen molar-refractivity contribution >= 4 is 29.3 Å². The lowest BCUT2D eigenvalue weighted by atomic mass is 9.93.